The van der Waals surface area contributed by atoms with Crippen LogP contribution in [0.15, 0.2) is 48.5 Å². The van der Waals surface area contributed by atoms with Crippen LogP contribution in [0.4, 0.5) is 13.2 Å². The molecule has 1 aliphatic rings. The average molecular weight is 484 g/mol. The molecule has 0 N–H and O–H groups in total. The van der Waals surface area contributed by atoms with Crippen LogP contribution in [0.5, 0.6) is 0 Å². The van der Waals surface area contributed by atoms with Gasteiger partial charge in [0.05, 0.1) is 28.6 Å². The molecule has 8 heteroatoms. The average Bonchev–Trinajstić information content (AvgIpc) is 3.34. The standard InChI is InChI=1S/C25H17ClF3N3S/c26-19-10-8-15(9-11-19)23-21(32-20-6-1-2-7-22(20)33-24(32)31-23)13-17(14-30)16-4-3-5-18(12-16)25(27,28)29/h3-5,8-13H,1-2,6-7H2/b17-13+. The second-order valence-corrected chi connectivity index (χ2v) is 9.40. The van der Waals surface area contributed by atoms with Crippen molar-refractivity contribution in [1.29, 1.82) is 5.26 Å². The Labute approximate surface area is 197 Å². The topological polar surface area (TPSA) is 41.1 Å². The molecule has 3 nitrogen and oxygen atoms in total. The minimum atomic E-state index is -4.48. The van der Waals surface area contributed by atoms with E-state index in [0.29, 0.717) is 16.4 Å². The first-order valence-electron chi connectivity index (χ1n) is 10.4. The Hall–Kier alpha value is -3.08. The molecule has 0 spiro atoms. The van der Waals surface area contributed by atoms with Crippen LogP contribution in [-0.4, -0.2) is 9.38 Å². The van der Waals surface area contributed by atoms with Gasteiger partial charge < -0.3 is 0 Å². The Morgan fingerprint density at radius 3 is 2.61 bits per heavy atom. The number of thiazole rings is 1. The molecule has 5 rings (SSSR count). The van der Waals surface area contributed by atoms with Gasteiger partial charge in [0.2, 0.25) is 0 Å². The molecule has 0 saturated carbocycles. The summed E-state index contributed by atoms with van der Waals surface area (Å²) in [6.07, 6.45) is 1.25. The number of imidazole rings is 1. The number of benzene rings is 2. The molecule has 2 aromatic carbocycles. The largest absolute Gasteiger partial charge is 0.416 e. The lowest BCUT2D eigenvalue weighted by molar-refractivity contribution is -0.137. The van der Waals surface area contributed by atoms with Crippen LogP contribution in [0.3, 0.4) is 0 Å². The molecule has 0 aliphatic heterocycles. The second-order valence-electron chi connectivity index (χ2n) is 7.90. The maximum atomic E-state index is 13.3. The molecule has 166 valence electrons. The zero-order valence-corrected chi connectivity index (χ0v) is 18.9. The van der Waals surface area contributed by atoms with Gasteiger partial charge in [0.25, 0.3) is 0 Å². The number of aromatic nitrogens is 2. The van der Waals surface area contributed by atoms with E-state index in [9.17, 15) is 18.4 Å². The molecule has 0 saturated heterocycles. The smallest absolute Gasteiger partial charge is 0.287 e. The zero-order chi connectivity index (χ0) is 23.2. The van der Waals surface area contributed by atoms with Crippen LogP contribution in [0.2, 0.25) is 5.02 Å². The molecule has 0 radical (unpaired) electrons. The number of rotatable bonds is 3. The van der Waals surface area contributed by atoms with E-state index in [1.165, 1.54) is 22.7 Å². The molecule has 0 fully saturated rings. The molecule has 0 unspecified atom stereocenters. The molecular formula is C25H17ClF3N3S. The number of fused-ring (bicyclic) bond motifs is 3. The van der Waals surface area contributed by atoms with Gasteiger partial charge in [0.1, 0.15) is 0 Å². The Balaban J connectivity index is 1.74. The Kier molecular flexibility index (Phi) is 5.51. The summed E-state index contributed by atoms with van der Waals surface area (Å²) in [5.74, 6) is 0. The first-order chi connectivity index (χ1) is 15.8. The molecule has 0 bridgehead atoms. The van der Waals surface area contributed by atoms with Crippen molar-refractivity contribution in [3.63, 3.8) is 0 Å². The molecule has 1 aliphatic carbocycles. The van der Waals surface area contributed by atoms with Crippen molar-refractivity contribution in [3.8, 4) is 17.3 Å². The van der Waals surface area contributed by atoms with Gasteiger partial charge in [-0.25, -0.2) is 4.98 Å². The van der Waals surface area contributed by atoms with E-state index < -0.39 is 11.7 Å². The van der Waals surface area contributed by atoms with Gasteiger partial charge in [-0.3, -0.25) is 4.40 Å². The molecule has 2 aromatic heterocycles. The summed E-state index contributed by atoms with van der Waals surface area (Å²) in [4.78, 5) is 6.96. The van der Waals surface area contributed by atoms with E-state index in [-0.39, 0.29) is 11.1 Å². The molecule has 4 aromatic rings. The SMILES string of the molecule is N#C/C(=C\c1c(-c2ccc(Cl)cc2)nc2sc3c(n12)CCCC3)c1cccc(C(F)(F)F)c1. The van der Waals surface area contributed by atoms with Crippen molar-refractivity contribution in [2.45, 2.75) is 31.9 Å². The fourth-order valence-corrected chi connectivity index (χ4v) is 5.53. The summed E-state index contributed by atoms with van der Waals surface area (Å²) in [6, 6.07) is 14.2. The molecular weight excluding hydrogens is 467 g/mol. The van der Waals surface area contributed by atoms with Crippen LogP contribution < -0.4 is 0 Å². The van der Waals surface area contributed by atoms with E-state index >= 15 is 0 Å². The predicted octanol–water partition coefficient (Wildman–Crippen LogP) is 7.68. The number of hydrogen-bond donors (Lipinski definition) is 0. The quantitative estimate of drug-likeness (QED) is 0.280. The van der Waals surface area contributed by atoms with Gasteiger partial charge in [-0.05, 0) is 61.6 Å². The number of alkyl halides is 3. The highest BCUT2D eigenvalue weighted by Crippen LogP contribution is 2.37. The Morgan fingerprint density at radius 1 is 1.12 bits per heavy atom. The predicted molar refractivity (Wildman–Crippen MR) is 125 cm³/mol. The van der Waals surface area contributed by atoms with Crippen LogP contribution in [-0.2, 0) is 19.0 Å². The van der Waals surface area contributed by atoms with Crippen LogP contribution in [0.25, 0.3) is 27.9 Å². The van der Waals surface area contributed by atoms with Gasteiger partial charge in [-0.2, -0.15) is 18.4 Å². The third kappa shape index (κ3) is 4.05. The van der Waals surface area contributed by atoms with E-state index in [1.54, 1.807) is 29.5 Å². The van der Waals surface area contributed by atoms with E-state index in [2.05, 4.69) is 10.5 Å². The highest BCUT2D eigenvalue weighted by molar-refractivity contribution is 7.17. The van der Waals surface area contributed by atoms with Crippen molar-refractivity contribution in [1.82, 2.24) is 9.38 Å². The Bertz CT molecular complexity index is 1420. The number of nitrogens with zero attached hydrogens (tertiary/aromatic N) is 3. The lowest BCUT2D eigenvalue weighted by atomic mass is 10.0. The van der Waals surface area contributed by atoms with Gasteiger partial charge in [0.15, 0.2) is 4.96 Å². The lowest BCUT2D eigenvalue weighted by Crippen LogP contribution is -2.05. The summed E-state index contributed by atoms with van der Waals surface area (Å²) in [5.41, 5.74) is 2.94. The monoisotopic (exact) mass is 483 g/mol. The minimum absolute atomic E-state index is 0.147. The van der Waals surface area contributed by atoms with Gasteiger partial charge in [-0.1, -0.05) is 35.9 Å². The normalized spacial score (nSPS) is 14.3. The molecule has 0 atom stereocenters. The zero-order valence-electron chi connectivity index (χ0n) is 17.3. The van der Waals surface area contributed by atoms with Crippen molar-refractivity contribution in [2.75, 3.05) is 0 Å². The van der Waals surface area contributed by atoms with Gasteiger partial charge in [-0.15, -0.1) is 11.3 Å². The van der Waals surface area contributed by atoms with Crippen molar-refractivity contribution in [3.05, 3.63) is 80.9 Å². The maximum Gasteiger partial charge on any atom is 0.416 e. The highest BCUT2D eigenvalue weighted by atomic mass is 35.5. The van der Waals surface area contributed by atoms with Crippen LogP contribution in [0, 0.1) is 11.3 Å². The van der Waals surface area contributed by atoms with Crippen LogP contribution in [0.1, 0.15) is 40.2 Å². The van der Waals surface area contributed by atoms with Gasteiger partial charge in [0, 0.05) is 21.2 Å². The summed E-state index contributed by atoms with van der Waals surface area (Å²) in [6.45, 7) is 0. The van der Waals surface area contributed by atoms with E-state index in [0.717, 1.165) is 48.3 Å². The minimum Gasteiger partial charge on any atom is -0.287 e. The summed E-state index contributed by atoms with van der Waals surface area (Å²) in [5, 5.41) is 10.5. The molecule has 33 heavy (non-hydrogen) atoms. The van der Waals surface area contributed by atoms with Crippen molar-refractivity contribution < 1.29 is 13.2 Å². The number of hydrogen-bond acceptors (Lipinski definition) is 3. The maximum absolute atomic E-state index is 13.3. The molecule has 0 amide bonds. The Morgan fingerprint density at radius 2 is 1.88 bits per heavy atom. The number of aryl methyl sites for hydroxylation is 2. The summed E-state index contributed by atoms with van der Waals surface area (Å²) >= 11 is 7.69. The highest BCUT2D eigenvalue weighted by Gasteiger charge is 2.30. The van der Waals surface area contributed by atoms with Crippen LogP contribution >= 0.6 is 22.9 Å². The third-order valence-corrected chi connectivity index (χ3v) is 7.17. The van der Waals surface area contributed by atoms with Crippen molar-refractivity contribution in [2.24, 2.45) is 0 Å². The second kappa shape index (κ2) is 8.36. The summed E-state index contributed by atoms with van der Waals surface area (Å²) in [7, 11) is 0. The number of nitriles is 1. The first-order valence-corrected chi connectivity index (χ1v) is 11.6. The lowest BCUT2D eigenvalue weighted by Gasteiger charge is -2.12. The number of allylic oxidation sites excluding steroid dienone is 1. The third-order valence-electron chi connectivity index (χ3n) is 5.78. The first kappa shape index (κ1) is 21.7. The number of halogens is 4. The van der Waals surface area contributed by atoms with E-state index in [4.69, 9.17) is 16.6 Å². The van der Waals surface area contributed by atoms with Gasteiger partial charge >= 0.3 is 6.18 Å². The van der Waals surface area contributed by atoms with E-state index in [1.807, 2.05) is 12.1 Å². The summed E-state index contributed by atoms with van der Waals surface area (Å²) < 4.78 is 41.8. The van der Waals surface area contributed by atoms with Crippen molar-refractivity contribution >= 4 is 39.5 Å². The molecule has 2 heterocycles. The fourth-order valence-electron chi connectivity index (χ4n) is 4.19. The fraction of sp³-hybridized carbons (Fsp3) is 0.200.